The number of carbonyl (C=O) groups is 1. The molecule has 2 heterocycles. The summed E-state index contributed by atoms with van der Waals surface area (Å²) in [4.78, 5) is 17.4. The van der Waals surface area contributed by atoms with E-state index in [9.17, 15) is 9.90 Å². The molecule has 0 bridgehead atoms. The van der Waals surface area contributed by atoms with E-state index in [0.29, 0.717) is 17.1 Å². The highest BCUT2D eigenvalue weighted by Gasteiger charge is 2.24. The molecule has 1 aliphatic heterocycles. The Morgan fingerprint density at radius 1 is 1.38 bits per heavy atom. The van der Waals surface area contributed by atoms with Crippen LogP contribution in [0.15, 0.2) is 22.6 Å². The average Bonchev–Trinajstić information content (AvgIpc) is 2.75. The molecule has 0 saturated carbocycles. The number of carboxylic acids is 1. The first kappa shape index (κ1) is 13.9. The molecule has 6 nitrogen and oxygen atoms in total. The predicted molar refractivity (Wildman–Crippen MR) is 77.7 cm³/mol. The van der Waals surface area contributed by atoms with Gasteiger partial charge < -0.3 is 19.5 Å². The first-order chi connectivity index (χ1) is 10.2. The Hall–Kier alpha value is -2.08. The Labute approximate surface area is 122 Å². The molecule has 112 valence electrons. The Morgan fingerprint density at radius 2 is 2.24 bits per heavy atom. The van der Waals surface area contributed by atoms with Crippen molar-refractivity contribution in [2.24, 2.45) is 0 Å². The van der Waals surface area contributed by atoms with Crippen LogP contribution in [0.1, 0.15) is 36.0 Å². The molecular weight excluding hydrogens is 272 g/mol. The average molecular weight is 290 g/mol. The number of carboxylic acid groups (broad SMARTS) is 1. The second-order valence-corrected chi connectivity index (χ2v) is 5.36. The first-order valence-corrected chi connectivity index (χ1v) is 7.20. The number of aliphatic hydroxyl groups excluding tert-OH is 1. The van der Waals surface area contributed by atoms with Gasteiger partial charge in [-0.25, -0.2) is 4.79 Å². The predicted octanol–water partition coefficient (Wildman–Crippen LogP) is 2.27. The standard InChI is InChI=1S/C15H18N2O4/c18-9-11-4-2-1-3-7-17(11)15-16-12-6-5-10(14(19)20)8-13(12)21-15/h5-6,8,11,18H,1-4,7,9H2,(H,19,20). The number of rotatable bonds is 3. The molecule has 1 aromatic heterocycles. The number of benzene rings is 1. The zero-order chi connectivity index (χ0) is 14.8. The quantitative estimate of drug-likeness (QED) is 0.901. The summed E-state index contributed by atoms with van der Waals surface area (Å²) in [7, 11) is 0. The lowest BCUT2D eigenvalue weighted by molar-refractivity contribution is 0.0697. The Kier molecular flexibility index (Phi) is 3.79. The van der Waals surface area contributed by atoms with E-state index in [2.05, 4.69) is 4.98 Å². The van der Waals surface area contributed by atoms with Crippen molar-refractivity contribution >= 4 is 23.1 Å². The number of aromatic carboxylic acids is 1. The van der Waals surface area contributed by atoms with Gasteiger partial charge in [0.25, 0.3) is 6.01 Å². The van der Waals surface area contributed by atoms with Gasteiger partial charge in [0.1, 0.15) is 5.52 Å². The fraction of sp³-hybridized carbons (Fsp3) is 0.467. The number of aromatic nitrogens is 1. The third-order valence-corrected chi connectivity index (χ3v) is 3.96. The van der Waals surface area contributed by atoms with Gasteiger partial charge in [0.05, 0.1) is 18.2 Å². The van der Waals surface area contributed by atoms with Crippen molar-refractivity contribution in [1.82, 2.24) is 4.98 Å². The molecule has 6 heteroatoms. The van der Waals surface area contributed by atoms with Crippen LogP contribution in [0.25, 0.3) is 11.1 Å². The van der Waals surface area contributed by atoms with E-state index in [-0.39, 0.29) is 18.2 Å². The number of fused-ring (bicyclic) bond motifs is 1. The summed E-state index contributed by atoms with van der Waals surface area (Å²) in [5, 5.41) is 18.6. The van der Waals surface area contributed by atoms with E-state index in [1.807, 2.05) is 4.90 Å². The van der Waals surface area contributed by atoms with Gasteiger partial charge in [-0.1, -0.05) is 12.8 Å². The smallest absolute Gasteiger partial charge is 0.335 e. The zero-order valence-electron chi connectivity index (χ0n) is 11.7. The van der Waals surface area contributed by atoms with Crippen molar-refractivity contribution in [2.45, 2.75) is 31.7 Å². The highest BCUT2D eigenvalue weighted by atomic mass is 16.4. The first-order valence-electron chi connectivity index (χ1n) is 7.20. The molecule has 0 amide bonds. The monoisotopic (exact) mass is 290 g/mol. The number of hydrogen-bond acceptors (Lipinski definition) is 5. The van der Waals surface area contributed by atoms with E-state index in [1.54, 1.807) is 6.07 Å². The Bertz CT molecular complexity index is 652. The van der Waals surface area contributed by atoms with E-state index in [4.69, 9.17) is 9.52 Å². The fourth-order valence-corrected chi connectivity index (χ4v) is 2.79. The van der Waals surface area contributed by atoms with Crippen LogP contribution in [0.3, 0.4) is 0 Å². The maximum atomic E-state index is 11.0. The summed E-state index contributed by atoms with van der Waals surface area (Å²) in [5.74, 6) is -0.988. The van der Waals surface area contributed by atoms with Gasteiger partial charge in [-0.3, -0.25) is 0 Å². The summed E-state index contributed by atoms with van der Waals surface area (Å²) in [6, 6.07) is 5.13. The molecule has 2 aromatic rings. The van der Waals surface area contributed by atoms with Gasteiger partial charge in [-0.05, 0) is 31.0 Å². The molecule has 1 saturated heterocycles. The lowest BCUT2D eigenvalue weighted by Gasteiger charge is -2.26. The molecule has 0 spiro atoms. The number of aliphatic hydroxyl groups is 1. The molecule has 1 atom stereocenters. The Morgan fingerprint density at radius 3 is 3.00 bits per heavy atom. The van der Waals surface area contributed by atoms with Crippen LogP contribution in [-0.4, -0.2) is 40.4 Å². The lowest BCUT2D eigenvalue weighted by Crippen LogP contribution is -2.37. The van der Waals surface area contributed by atoms with Gasteiger partial charge in [-0.2, -0.15) is 4.98 Å². The minimum atomic E-state index is -0.988. The number of hydrogen-bond donors (Lipinski definition) is 2. The molecule has 2 N–H and O–H groups in total. The molecular formula is C15H18N2O4. The molecule has 3 rings (SSSR count). The minimum absolute atomic E-state index is 0.0134. The highest BCUT2D eigenvalue weighted by Crippen LogP contribution is 2.27. The Balaban J connectivity index is 1.97. The van der Waals surface area contributed by atoms with Crippen molar-refractivity contribution in [3.05, 3.63) is 23.8 Å². The second kappa shape index (κ2) is 5.73. The van der Waals surface area contributed by atoms with Crippen LogP contribution in [0.2, 0.25) is 0 Å². The highest BCUT2D eigenvalue weighted by molar-refractivity contribution is 5.92. The third kappa shape index (κ3) is 2.71. The van der Waals surface area contributed by atoms with Crippen LogP contribution < -0.4 is 4.90 Å². The van der Waals surface area contributed by atoms with Gasteiger partial charge in [0.2, 0.25) is 0 Å². The minimum Gasteiger partial charge on any atom is -0.478 e. The van der Waals surface area contributed by atoms with Crippen molar-refractivity contribution in [3.63, 3.8) is 0 Å². The van der Waals surface area contributed by atoms with Crippen LogP contribution >= 0.6 is 0 Å². The largest absolute Gasteiger partial charge is 0.478 e. The normalized spacial score (nSPS) is 19.7. The summed E-state index contributed by atoms with van der Waals surface area (Å²) < 4.78 is 5.73. The van der Waals surface area contributed by atoms with E-state index in [0.717, 1.165) is 32.2 Å². The number of oxazole rings is 1. The number of anilines is 1. The van der Waals surface area contributed by atoms with Crippen LogP contribution in [0.5, 0.6) is 0 Å². The van der Waals surface area contributed by atoms with Crippen molar-refractivity contribution in [3.8, 4) is 0 Å². The maximum Gasteiger partial charge on any atom is 0.335 e. The van der Waals surface area contributed by atoms with Crippen molar-refractivity contribution in [2.75, 3.05) is 18.1 Å². The summed E-state index contributed by atoms with van der Waals surface area (Å²) in [6.07, 6.45) is 4.17. The molecule has 1 unspecified atom stereocenters. The topological polar surface area (TPSA) is 86.8 Å². The molecule has 1 aromatic carbocycles. The van der Waals surface area contributed by atoms with Crippen LogP contribution in [0, 0.1) is 0 Å². The molecule has 21 heavy (non-hydrogen) atoms. The summed E-state index contributed by atoms with van der Waals surface area (Å²) in [5.41, 5.74) is 1.28. The van der Waals surface area contributed by atoms with Gasteiger partial charge >= 0.3 is 5.97 Å². The van der Waals surface area contributed by atoms with Crippen molar-refractivity contribution in [1.29, 1.82) is 0 Å². The van der Waals surface area contributed by atoms with Crippen molar-refractivity contribution < 1.29 is 19.4 Å². The lowest BCUT2D eigenvalue weighted by atomic mass is 10.1. The second-order valence-electron chi connectivity index (χ2n) is 5.36. The van der Waals surface area contributed by atoms with E-state index in [1.165, 1.54) is 12.1 Å². The van der Waals surface area contributed by atoms with Crippen LogP contribution in [-0.2, 0) is 0 Å². The summed E-state index contributed by atoms with van der Waals surface area (Å²) >= 11 is 0. The number of nitrogens with zero attached hydrogens (tertiary/aromatic N) is 2. The SMILES string of the molecule is O=C(O)c1ccc2nc(N3CCCCCC3CO)oc2c1. The van der Waals surface area contributed by atoms with Gasteiger partial charge in [0, 0.05) is 6.54 Å². The summed E-state index contributed by atoms with van der Waals surface area (Å²) in [6.45, 7) is 0.864. The zero-order valence-corrected chi connectivity index (χ0v) is 11.7. The molecule has 1 aliphatic rings. The third-order valence-electron chi connectivity index (χ3n) is 3.96. The van der Waals surface area contributed by atoms with Crippen LogP contribution in [0.4, 0.5) is 6.01 Å². The molecule has 1 fully saturated rings. The molecule has 0 aliphatic carbocycles. The van der Waals surface area contributed by atoms with E-state index < -0.39 is 5.97 Å². The van der Waals surface area contributed by atoms with E-state index >= 15 is 0 Å². The fourth-order valence-electron chi connectivity index (χ4n) is 2.79. The van der Waals surface area contributed by atoms with Gasteiger partial charge in [-0.15, -0.1) is 0 Å². The maximum absolute atomic E-state index is 11.0. The van der Waals surface area contributed by atoms with Gasteiger partial charge in [0.15, 0.2) is 5.58 Å². The molecule has 0 radical (unpaired) electrons.